The number of aromatic nitrogens is 1. The van der Waals surface area contributed by atoms with E-state index in [0.717, 1.165) is 17.6 Å². The zero-order valence-corrected chi connectivity index (χ0v) is 18.9. The van der Waals surface area contributed by atoms with Gasteiger partial charge >= 0.3 is 8.56 Å². The predicted molar refractivity (Wildman–Crippen MR) is 105 cm³/mol. The van der Waals surface area contributed by atoms with Gasteiger partial charge in [-0.1, -0.05) is 41.5 Å². The average molecular weight is 437 g/mol. The van der Waals surface area contributed by atoms with Gasteiger partial charge in [-0.15, -0.1) is 23.1 Å². The highest BCUT2D eigenvalue weighted by molar-refractivity contribution is 9.10. The summed E-state index contributed by atoms with van der Waals surface area (Å²) in [6.07, 6.45) is 1.35. The maximum absolute atomic E-state index is 6.85. The fraction of sp³-hybridized carbons (Fsp3) is 0.812. The topological polar surface area (TPSA) is 31.4 Å². The molecular formula is C16H26BrNO2S2Si. The fourth-order valence-corrected chi connectivity index (χ4v) is 12.1. The number of thioether (sulfide) groups is 1. The van der Waals surface area contributed by atoms with Crippen molar-refractivity contribution in [1.29, 1.82) is 0 Å². The molecule has 2 fully saturated rings. The van der Waals surface area contributed by atoms with Crippen molar-refractivity contribution in [2.75, 3.05) is 6.61 Å². The van der Waals surface area contributed by atoms with Crippen molar-refractivity contribution in [3.63, 3.8) is 0 Å². The number of hydrogen-bond donors (Lipinski definition) is 0. The van der Waals surface area contributed by atoms with Crippen LogP contribution in [0.4, 0.5) is 0 Å². The van der Waals surface area contributed by atoms with Gasteiger partial charge in [0.1, 0.15) is 9.61 Å². The highest BCUT2D eigenvalue weighted by Gasteiger charge is 2.63. The SMILES string of the molecule is CC(C)(C)[Si]1(C(C)(C)C)OC[C@H]2S[C@@H](c3nc(Br)cs3)C[C@@H]2O1. The molecule has 2 aliphatic rings. The number of rotatable bonds is 1. The summed E-state index contributed by atoms with van der Waals surface area (Å²) in [4.78, 5) is 4.61. The third-order valence-electron chi connectivity index (χ3n) is 4.71. The van der Waals surface area contributed by atoms with Crippen LogP contribution < -0.4 is 0 Å². The highest BCUT2D eigenvalue weighted by Crippen LogP contribution is 2.58. The summed E-state index contributed by atoms with van der Waals surface area (Å²) in [5, 5.41) is 4.27. The van der Waals surface area contributed by atoms with Crippen molar-refractivity contribution in [3.05, 3.63) is 15.0 Å². The van der Waals surface area contributed by atoms with Crippen LogP contribution in [0.1, 0.15) is 58.2 Å². The number of hydrogen-bond acceptors (Lipinski definition) is 5. The van der Waals surface area contributed by atoms with Gasteiger partial charge < -0.3 is 8.85 Å². The molecular weight excluding hydrogens is 410 g/mol. The van der Waals surface area contributed by atoms with Crippen molar-refractivity contribution in [3.8, 4) is 0 Å². The molecule has 0 unspecified atom stereocenters. The second-order valence-electron chi connectivity index (χ2n) is 8.49. The first-order valence-electron chi connectivity index (χ1n) is 8.12. The van der Waals surface area contributed by atoms with E-state index in [1.165, 1.54) is 5.01 Å². The zero-order valence-electron chi connectivity index (χ0n) is 14.7. The average Bonchev–Trinajstić information content (AvgIpc) is 3.00. The largest absolute Gasteiger partial charge is 0.392 e. The van der Waals surface area contributed by atoms with Gasteiger partial charge in [-0.25, -0.2) is 4.98 Å². The summed E-state index contributed by atoms with van der Waals surface area (Å²) in [7, 11) is -2.34. The summed E-state index contributed by atoms with van der Waals surface area (Å²) in [5.41, 5.74) is 0. The van der Waals surface area contributed by atoms with Crippen LogP contribution in [0.5, 0.6) is 0 Å². The van der Waals surface area contributed by atoms with Crippen LogP contribution in [0.25, 0.3) is 0 Å². The van der Waals surface area contributed by atoms with E-state index in [9.17, 15) is 0 Å². The Balaban J connectivity index is 1.83. The number of thiazole rings is 1. The molecule has 130 valence electrons. The Kier molecular flexibility index (Phi) is 4.87. The molecule has 0 radical (unpaired) electrons. The van der Waals surface area contributed by atoms with Gasteiger partial charge in [0.25, 0.3) is 0 Å². The summed E-state index contributed by atoms with van der Waals surface area (Å²) >= 11 is 7.19. The summed E-state index contributed by atoms with van der Waals surface area (Å²) in [5.74, 6) is 0. The first-order valence-corrected chi connectivity index (χ1v) is 12.5. The Bertz CT molecular complexity index is 567. The standard InChI is InChI=1S/C16H26BrNO2S2Si/c1-15(2,3)23(16(4,5)6)19-8-12-10(20-23)7-11(22-12)14-18-13(17)9-21-14/h9-12H,7-8H2,1-6H3/t10-,11+,12+/m0/s1. The van der Waals surface area contributed by atoms with E-state index < -0.39 is 8.56 Å². The Morgan fingerprint density at radius 2 is 1.87 bits per heavy atom. The number of nitrogens with zero attached hydrogens (tertiary/aromatic N) is 1. The van der Waals surface area contributed by atoms with Crippen molar-refractivity contribution in [1.82, 2.24) is 4.98 Å². The normalized spacial score (nSPS) is 31.2. The lowest BCUT2D eigenvalue weighted by Gasteiger charge is -2.53. The molecule has 7 heteroatoms. The summed E-state index contributed by atoms with van der Waals surface area (Å²) in [6, 6.07) is 0. The first-order chi connectivity index (χ1) is 10.5. The highest BCUT2D eigenvalue weighted by atomic mass is 79.9. The maximum Gasteiger partial charge on any atom is 0.349 e. The lowest BCUT2D eigenvalue weighted by molar-refractivity contribution is 0.0275. The van der Waals surface area contributed by atoms with Gasteiger partial charge in [0.2, 0.25) is 0 Å². The first kappa shape index (κ1) is 18.4. The van der Waals surface area contributed by atoms with E-state index in [1.807, 2.05) is 11.8 Å². The minimum Gasteiger partial charge on any atom is -0.392 e. The van der Waals surface area contributed by atoms with E-state index >= 15 is 0 Å². The van der Waals surface area contributed by atoms with Gasteiger partial charge in [0.05, 0.1) is 23.2 Å². The second kappa shape index (κ2) is 6.09. The van der Waals surface area contributed by atoms with Crippen LogP contribution in [-0.2, 0) is 8.85 Å². The van der Waals surface area contributed by atoms with Gasteiger partial charge in [-0.05, 0) is 22.4 Å². The molecule has 0 aromatic carbocycles. The minimum absolute atomic E-state index is 0.0587. The molecule has 3 nitrogen and oxygen atoms in total. The van der Waals surface area contributed by atoms with E-state index in [-0.39, 0.29) is 10.1 Å². The van der Waals surface area contributed by atoms with Gasteiger partial charge in [0, 0.05) is 15.5 Å². The van der Waals surface area contributed by atoms with Crippen LogP contribution in [0.3, 0.4) is 0 Å². The Hall–Kier alpha value is 0.597. The van der Waals surface area contributed by atoms with Gasteiger partial charge in [-0.3, -0.25) is 0 Å². The van der Waals surface area contributed by atoms with E-state index in [2.05, 4.69) is 67.8 Å². The van der Waals surface area contributed by atoms with Crippen LogP contribution >= 0.6 is 39.0 Å². The molecule has 0 aliphatic carbocycles. The zero-order chi connectivity index (χ0) is 17.0. The molecule has 2 saturated heterocycles. The molecule has 0 amide bonds. The molecule has 0 N–H and O–H groups in total. The fourth-order valence-electron chi connectivity index (χ4n) is 3.92. The van der Waals surface area contributed by atoms with Crippen molar-refractivity contribution < 1.29 is 8.85 Å². The molecule has 0 bridgehead atoms. The molecule has 3 atom stereocenters. The third kappa shape index (κ3) is 3.22. The molecule has 3 rings (SSSR count). The number of fused-ring (bicyclic) bond motifs is 1. The van der Waals surface area contributed by atoms with Crippen molar-refractivity contribution in [2.24, 2.45) is 0 Å². The maximum atomic E-state index is 6.85. The van der Waals surface area contributed by atoms with E-state index in [0.29, 0.717) is 16.6 Å². The van der Waals surface area contributed by atoms with Crippen LogP contribution in [0.2, 0.25) is 10.1 Å². The predicted octanol–water partition coefficient (Wildman–Crippen LogP) is 5.91. The Morgan fingerprint density at radius 3 is 2.39 bits per heavy atom. The van der Waals surface area contributed by atoms with Crippen molar-refractivity contribution in [2.45, 2.75) is 74.6 Å². The third-order valence-corrected chi connectivity index (χ3v) is 13.2. The van der Waals surface area contributed by atoms with Gasteiger partial charge in [0.15, 0.2) is 0 Å². The molecule has 1 aromatic heterocycles. The Morgan fingerprint density at radius 1 is 1.22 bits per heavy atom. The second-order valence-corrected chi connectivity index (χ2v) is 16.4. The molecule has 0 spiro atoms. The molecule has 0 saturated carbocycles. The lowest BCUT2D eigenvalue weighted by Crippen LogP contribution is -2.63. The lowest BCUT2D eigenvalue weighted by atomic mass is 10.1. The van der Waals surface area contributed by atoms with E-state index in [1.54, 1.807) is 11.3 Å². The van der Waals surface area contributed by atoms with Crippen LogP contribution in [0.15, 0.2) is 9.98 Å². The minimum atomic E-state index is -2.34. The molecule has 1 aromatic rings. The monoisotopic (exact) mass is 435 g/mol. The Labute approximate surface area is 157 Å². The van der Waals surface area contributed by atoms with Gasteiger partial charge in [-0.2, -0.15) is 0 Å². The number of halogens is 1. The summed E-state index contributed by atoms with van der Waals surface area (Å²) < 4.78 is 14.4. The quantitative estimate of drug-likeness (QED) is 0.512. The molecule has 3 heterocycles. The van der Waals surface area contributed by atoms with Crippen LogP contribution in [0, 0.1) is 0 Å². The summed E-state index contributed by atoms with van der Waals surface area (Å²) in [6.45, 7) is 14.5. The van der Waals surface area contributed by atoms with E-state index in [4.69, 9.17) is 8.85 Å². The smallest absolute Gasteiger partial charge is 0.349 e. The molecule has 2 aliphatic heterocycles. The molecule has 23 heavy (non-hydrogen) atoms. The van der Waals surface area contributed by atoms with Crippen LogP contribution in [-0.4, -0.2) is 31.5 Å². The van der Waals surface area contributed by atoms with Crippen molar-refractivity contribution >= 4 is 47.6 Å².